The third kappa shape index (κ3) is 2.98. The third-order valence-electron chi connectivity index (χ3n) is 2.66. The molecule has 1 N–H and O–H groups in total. The summed E-state index contributed by atoms with van der Waals surface area (Å²) in [4.78, 5) is 0. The number of benzene rings is 1. The topological polar surface area (TPSA) is 21.3 Å². The highest BCUT2D eigenvalue weighted by molar-refractivity contribution is 9.10. The van der Waals surface area contributed by atoms with Gasteiger partial charge in [0.15, 0.2) is 0 Å². The van der Waals surface area contributed by atoms with Crippen LogP contribution in [0, 0.1) is 5.41 Å². The molecule has 1 aromatic rings. The Labute approximate surface area is 107 Å². The zero-order valence-corrected chi connectivity index (χ0v) is 12.2. The van der Waals surface area contributed by atoms with Gasteiger partial charge in [0.25, 0.3) is 0 Å². The van der Waals surface area contributed by atoms with Crippen molar-refractivity contribution in [1.29, 1.82) is 0 Å². The highest BCUT2D eigenvalue weighted by atomic mass is 79.9. The summed E-state index contributed by atoms with van der Waals surface area (Å²) in [6.45, 7) is 6.65. The van der Waals surface area contributed by atoms with Crippen LogP contribution in [-0.2, 0) is 0 Å². The summed E-state index contributed by atoms with van der Waals surface area (Å²) >= 11 is 3.46. The maximum atomic E-state index is 5.43. The average molecular weight is 286 g/mol. The molecule has 1 rings (SSSR count). The van der Waals surface area contributed by atoms with Crippen LogP contribution in [0.25, 0.3) is 0 Å². The van der Waals surface area contributed by atoms with E-state index in [4.69, 9.17) is 4.74 Å². The van der Waals surface area contributed by atoms with Crippen LogP contribution < -0.4 is 10.1 Å². The summed E-state index contributed by atoms with van der Waals surface area (Å²) < 4.78 is 6.47. The van der Waals surface area contributed by atoms with Gasteiger partial charge in [-0.05, 0) is 24.6 Å². The smallest absolute Gasteiger partial charge is 0.124 e. The van der Waals surface area contributed by atoms with E-state index in [1.54, 1.807) is 7.11 Å². The second-order valence-electron chi connectivity index (χ2n) is 4.97. The second kappa shape index (κ2) is 5.19. The number of methoxy groups -OCH3 is 1. The van der Waals surface area contributed by atoms with Gasteiger partial charge in [-0.25, -0.2) is 0 Å². The van der Waals surface area contributed by atoms with Gasteiger partial charge in [0.05, 0.1) is 7.11 Å². The lowest BCUT2D eigenvalue weighted by molar-refractivity contribution is 0.278. The predicted octanol–water partition coefficient (Wildman–Crippen LogP) is 3.76. The number of hydrogen-bond acceptors (Lipinski definition) is 2. The average Bonchev–Trinajstić information content (AvgIpc) is 2.19. The van der Waals surface area contributed by atoms with Gasteiger partial charge < -0.3 is 10.1 Å². The zero-order valence-electron chi connectivity index (χ0n) is 10.6. The van der Waals surface area contributed by atoms with E-state index in [2.05, 4.69) is 48.1 Å². The fourth-order valence-electron chi connectivity index (χ4n) is 1.98. The van der Waals surface area contributed by atoms with E-state index in [9.17, 15) is 0 Å². The van der Waals surface area contributed by atoms with Gasteiger partial charge in [0.2, 0.25) is 0 Å². The van der Waals surface area contributed by atoms with Crippen LogP contribution in [0.3, 0.4) is 0 Å². The van der Waals surface area contributed by atoms with Crippen LogP contribution in [-0.4, -0.2) is 14.2 Å². The fourth-order valence-corrected chi connectivity index (χ4v) is 2.32. The van der Waals surface area contributed by atoms with Crippen molar-refractivity contribution in [2.45, 2.75) is 26.8 Å². The molecule has 0 heterocycles. The minimum absolute atomic E-state index is 0.149. The van der Waals surface area contributed by atoms with Crippen molar-refractivity contribution in [3.05, 3.63) is 28.2 Å². The molecule has 16 heavy (non-hydrogen) atoms. The summed E-state index contributed by atoms with van der Waals surface area (Å²) in [6, 6.07) is 6.44. The van der Waals surface area contributed by atoms with Crippen LogP contribution >= 0.6 is 15.9 Å². The lowest BCUT2D eigenvalue weighted by Gasteiger charge is -2.31. The first-order valence-corrected chi connectivity index (χ1v) is 6.20. The van der Waals surface area contributed by atoms with Crippen molar-refractivity contribution < 1.29 is 4.74 Å². The summed E-state index contributed by atoms with van der Waals surface area (Å²) in [5, 5.41) is 3.36. The molecular formula is C13H20BrNO. The highest BCUT2D eigenvalue weighted by Gasteiger charge is 2.27. The summed E-state index contributed by atoms with van der Waals surface area (Å²) in [7, 11) is 3.69. The second-order valence-corrected chi connectivity index (χ2v) is 5.89. The monoisotopic (exact) mass is 285 g/mol. The number of ether oxygens (including phenoxy) is 1. The van der Waals surface area contributed by atoms with Crippen LogP contribution in [0.15, 0.2) is 22.7 Å². The molecule has 0 saturated carbocycles. The lowest BCUT2D eigenvalue weighted by atomic mass is 9.82. The van der Waals surface area contributed by atoms with E-state index in [1.807, 2.05) is 19.2 Å². The van der Waals surface area contributed by atoms with Crippen molar-refractivity contribution in [3.63, 3.8) is 0 Å². The molecule has 1 aromatic carbocycles. The first-order chi connectivity index (χ1) is 7.40. The molecule has 0 aliphatic carbocycles. The van der Waals surface area contributed by atoms with Crippen LogP contribution in [0.5, 0.6) is 5.75 Å². The summed E-state index contributed by atoms with van der Waals surface area (Å²) in [5.74, 6) is 0.920. The van der Waals surface area contributed by atoms with E-state index in [-0.39, 0.29) is 11.5 Å². The van der Waals surface area contributed by atoms with Crippen LogP contribution in [0.4, 0.5) is 0 Å². The molecule has 0 radical (unpaired) electrons. The highest BCUT2D eigenvalue weighted by Crippen LogP contribution is 2.38. The Morgan fingerprint density at radius 1 is 1.31 bits per heavy atom. The Hall–Kier alpha value is -0.540. The zero-order chi connectivity index (χ0) is 12.3. The molecule has 0 bridgehead atoms. The molecule has 2 nitrogen and oxygen atoms in total. The molecule has 0 amide bonds. The number of halogens is 1. The maximum absolute atomic E-state index is 5.43. The lowest BCUT2D eigenvalue weighted by Crippen LogP contribution is -2.29. The van der Waals surface area contributed by atoms with E-state index in [0.717, 1.165) is 10.2 Å². The van der Waals surface area contributed by atoms with Crippen LogP contribution in [0.2, 0.25) is 0 Å². The Bertz CT molecular complexity index is 357. The number of rotatable bonds is 3. The van der Waals surface area contributed by atoms with Crippen molar-refractivity contribution in [3.8, 4) is 5.75 Å². The van der Waals surface area contributed by atoms with E-state index in [1.165, 1.54) is 5.56 Å². The van der Waals surface area contributed by atoms with Crippen molar-refractivity contribution >= 4 is 15.9 Å². The first-order valence-electron chi connectivity index (χ1n) is 5.41. The number of hydrogen-bond donors (Lipinski definition) is 1. The van der Waals surface area contributed by atoms with Gasteiger partial charge in [0, 0.05) is 16.1 Å². The maximum Gasteiger partial charge on any atom is 0.124 e. The van der Waals surface area contributed by atoms with Gasteiger partial charge in [-0.2, -0.15) is 0 Å². The molecule has 0 aliphatic heterocycles. The predicted molar refractivity (Wildman–Crippen MR) is 71.9 cm³/mol. The third-order valence-corrected chi connectivity index (χ3v) is 3.15. The normalized spacial score (nSPS) is 13.6. The molecule has 0 fully saturated rings. The Kier molecular flexibility index (Phi) is 4.39. The fraction of sp³-hybridized carbons (Fsp3) is 0.538. The largest absolute Gasteiger partial charge is 0.496 e. The quantitative estimate of drug-likeness (QED) is 0.913. The van der Waals surface area contributed by atoms with Gasteiger partial charge in [-0.1, -0.05) is 42.8 Å². The summed E-state index contributed by atoms with van der Waals surface area (Å²) in [6.07, 6.45) is 0. The molecule has 0 spiro atoms. The van der Waals surface area contributed by atoms with Crippen molar-refractivity contribution in [2.75, 3.05) is 14.2 Å². The van der Waals surface area contributed by atoms with E-state index in [0.29, 0.717) is 0 Å². The van der Waals surface area contributed by atoms with Crippen molar-refractivity contribution in [2.24, 2.45) is 5.41 Å². The molecule has 0 aromatic heterocycles. The van der Waals surface area contributed by atoms with Gasteiger partial charge in [-0.3, -0.25) is 0 Å². The van der Waals surface area contributed by atoms with Crippen molar-refractivity contribution in [1.82, 2.24) is 5.32 Å². The molecule has 0 aliphatic rings. The van der Waals surface area contributed by atoms with Crippen LogP contribution in [0.1, 0.15) is 32.4 Å². The molecule has 1 atom stereocenters. The Morgan fingerprint density at radius 2 is 1.94 bits per heavy atom. The van der Waals surface area contributed by atoms with Gasteiger partial charge in [0.1, 0.15) is 5.75 Å². The molecule has 90 valence electrons. The summed E-state index contributed by atoms with van der Waals surface area (Å²) in [5.41, 5.74) is 1.34. The van der Waals surface area contributed by atoms with Gasteiger partial charge >= 0.3 is 0 Å². The van der Waals surface area contributed by atoms with E-state index < -0.39 is 0 Å². The standard InChI is InChI=1S/C13H20BrNO/c1-13(2,3)12(15-4)10-7-6-9(14)8-11(10)16-5/h6-8,12,15H,1-5H3. The minimum atomic E-state index is 0.149. The van der Waals surface area contributed by atoms with E-state index >= 15 is 0 Å². The molecule has 3 heteroatoms. The number of nitrogens with one attached hydrogen (secondary N) is 1. The Balaban J connectivity index is 3.20. The molecular weight excluding hydrogens is 266 g/mol. The van der Waals surface area contributed by atoms with Gasteiger partial charge in [-0.15, -0.1) is 0 Å². The molecule has 1 unspecified atom stereocenters. The SMILES string of the molecule is CNC(c1ccc(Br)cc1OC)C(C)(C)C. The first kappa shape index (κ1) is 13.5. The molecule has 0 saturated heterocycles. The Morgan fingerprint density at radius 3 is 2.38 bits per heavy atom. The minimum Gasteiger partial charge on any atom is -0.496 e.